The van der Waals surface area contributed by atoms with Crippen LogP contribution in [-0.4, -0.2) is 9.97 Å². The zero-order chi connectivity index (χ0) is 15.0. The molecule has 0 amide bonds. The molecule has 2 aromatic heterocycles. The molecule has 2 heterocycles. The van der Waals surface area contributed by atoms with Gasteiger partial charge in [-0.05, 0) is 54.8 Å². The smallest absolute Gasteiger partial charge is 0.232 e. The number of hydrogen-bond donors (Lipinski definition) is 0. The second kappa shape index (κ2) is 5.91. The maximum absolute atomic E-state index is 6.00. The monoisotopic (exact) mass is 382 g/mol. The number of nitrogens with zero attached hydrogens (tertiary/aromatic N) is 2. The van der Waals surface area contributed by atoms with E-state index in [0.29, 0.717) is 5.88 Å². The molecule has 0 atom stereocenters. The van der Waals surface area contributed by atoms with Crippen molar-refractivity contribution in [3.05, 3.63) is 44.5 Å². The quantitative estimate of drug-likeness (QED) is 0.538. The predicted octanol–water partition coefficient (Wildman–Crippen LogP) is 5.77. The number of ether oxygens (including phenoxy) is 1. The fourth-order valence-corrected chi connectivity index (χ4v) is 3.65. The third-order valence-electron chi connectivity index (χ3n) is 3.07. The van der Waals surface area contributed by atoms with E-state index in [-0.39, 0.29) is 5.28 Å². The second-order valence-electron chi connectivity index (χ2n) is 4.59. The molecule has 0 aliphatic rings. The van der Waals surface area contributed by atoms with Gasteiger partial charge in [0.05, 0.1) is 5.39 Å². The summed E-state index contributed by atoms with van der Waals surface area (Å²) in [5.41, 5.74) is 1.03. The summed E-state index contributed by atoms with van der Waals surface area (Å²) < 4.78 is 6.98. The first kappa shape index (κ1) is 14.8. The zero-order valence-electron chi connectivity index (χ0n) is 11.5. The molecule has 0 aliphatic carbocycles. The highest BCUT2D eigenvalue weighted by Crippen LogP contribution is 2.35. The van der Waals surface area contributed by atoms with Gasteiger partial charge in [0, 0.05) is 9.35 Å². The van der Waals surface area contributed by atoms with Gasteiger partial charge in [-0.2, -0.15) is 4.98 Å². The van der Waals surface area contributed by atoms with Crippen molar-refractivity contribution >= 4 is 49.1 Å². The van der Waals surface area contributed by atoms with E-state index in [9.17, 15) is 0 Å². The summed E-state index contributed by atoms with van der Waals surface area (Å²) in [6, 6.07) is 7.92. The Kier molecular flexibility index (Phi) is 4.15. The molecule has 6 heteroatoms. The Morgan fingerprint density at radius 2 is 2.10 bits per heavy atom. The topological polar surface area (TPSA) is 35.0 Å². The molecule has 0 radical (unpaired) electrons. The minimum atomic E-state index is 0.205. The van der Waals surface area contributed by atoms with Crippen LogP contribution >= 0.6 is 38.9 Å². The SMILES string of the molecule is CCc1cc2c(Oc3ccc(Br)cc3C)nc(Cl)nc2s1. The van der Waals surface area contributed by atoms with Gasteiger partial charge in [0.25, 0.3) is 0 Å². The Labute approximate surface area is 140 Å². The second-order valence-corrected chi connectivity index (χ2v) is 6.96. The summed E-state index contributed by atoms with van der Waals surface area (Å²) in [6.45, 7) is 4.10. The standard InChI is InChI=1S/C15H12BrClN2OS/c1-3-10-7-11-13(18-15(17)19-14(11)21-10)20-12-5-4-9(16)6-8(12)2/h4-7H,3H2,1-2H3. The van der Waals surface area contributed by atoms with E-state index in [1.54, 1.807) is 11.3 Å². The van der Waals surface area contributed by atoms with Gasteiger partial charge in [0.2, 0.25) is 11.2 Å². The number of benzene rings is 1. The summed E-state index contributed by atoms with van der Waals surface area (Å²) in [7, 11) is 0. The molecule has 1 aromatic carbocycles. The Hall–Kier alpha value is -1.17. The maximum atomic E-state index is 6.00. The lowest BCUT2D eigenvalue weighted by Crippen LogP contribution is -1.93. The maximum Gasteiger partial charge on any atom is 0.232 e. The van der Waals surface area contributed by atoms with Crippen LogP contribution < -0.4 is 4.74 Å². The molecule has 21 heavy (non-hydrogen) atoms. The van der Waals surface area contributed by atoms with Crippen molar-refractivity contribution in [1.29, 1.82) is 0 Å². The number of aromatic nitrogens is 2. The normalized spacial score (nSPS) is 11.0. The molecule has 0 bridgehead atoms. The van der Waals surface area contributed by atoms with Gasteiger partial charge in [-0.25, -0.2) is 4.98 Å². The van der Waals surface area contributed by atoms with Crippen molar-refractivity contribution < 1.29 is 4.74 Å². The number of halogens is 2. The Morgan fingerprint density at radius 1 is 1.29 bits per heavy atom. The molecule has 3 rings (SSSR count). The van der Waals surface area contributed by atoms with Gasteiger partial charge < -0.3 is 4.74 Å². The minimum Gasteiger partial charge on any atom is -0.438 e. The van der Waals surface area contributed by atoms with Crippen LogP contribution in [0.4, 0.5) is 0 Å². The van der Waals surface area contributed by atoms with Crippen molar-refractivity contribution in [1.82, 2.24) is 9.97 Å². The molecular formula is C15H12BrClN2OS. The van der Waals surface area contributed by atoms with Crippen molar-refractivity contribution in [2.24, 2.45) is 0 Å². The Balaban J connectivity index is 2.08. The van der Waals surface area contributed by atoms with Crippen LogP contribution in [0.5, 0.6) is 11.6 Å². The molecule has 0 fully saturated rings. The first-order chi connectivity index (χ1) is 10.1. The van der Waals surface area contributed by atoms with Gasteiger partial charge in [-0.15, -0.1) is 11.3 Å². The van der Waals surface area contributed by atoms with E-state index < -0.39 is 0 Å². The van der Waals surface area contributed by atoms with Crippen LogP contribution in [0.2, 0.25) is 5.28 Å². The Bertz CT molecular complexity index is 819. The lowest BCUT2D eigenvalue weighted by Gasteiger charge is -2.09. The molecule has 0 aliphatic heterocycles. The van der Waals surface area contributed by atoms with E-state index in [1.165, 1.54) is 4.88 Å². The van der Waals surface area contributed by atoms with E-state index in [0.717, 1.165) is 32.4 Å². The van der Waals surface area contributed by atoms with Gasteiger partial charge >= 0.3 is 0 Å². The highest BCUT2D eigenvalue weighted by atomic mass is 79.9. The van der Waals surface area contributed by atoms with Gasteiger partial charge in [-0.3, -0.25) is 0 Å². The Morgan fingerprint density at radius 3 is 2.81 bits per heavy atom. The molecule has 0 saturated carbocycles. The highest BCUT2D eigenvalue weighted by molar-refractivity contribution is 9.10. The first-order valence-electron chi connectivity index (χ1n) is 6.46. The third kappa shape index (κ3) is 3.05. The van der Waals surface area contributed by atoms with E-state index in [2.05, 4.69) is 38.9 Å². The fourth-order valence-electron chi connectivity index (χ4n) is 2.00. The number of aryl methyl sites for hydroxylation is 2. The largest absolute Gasteiger partial charge is 0.438 e. The molecule has 0 saturated heterocycles. The predicted molar refractivity (Wildman–Crippen MR) is 90.8 cm³/mol. The van der Waals surface area contributed by atoms with Crippen molar-refractivity contribution in [2.75, 3.05) is 0 Å². The van der Waals surface area contributed by atoms with Crippen LogP contribution in [0.3, 0.4) is 0 Å². The van der Waals surface area contributed by atoms with Crippen molar-refractivity contribution in [3.63, 3.8) is 0 Å². The fraction of sp³-hybridized carbons (Fsp3) is 0.200. The number of hydrogen-bond acceptors (Lipinski definition) is 4. The minimum absolute atomic E-state index is 0.205. The lowest BCUT2D eigenvalue weighted by molar-refractivity contribution is 0.465. The lowest BCUT2D eigenvalue weighted by atomic mass is 10.2. The summed E-state index contributed by atoms with van der Waals surface area (Å²) in [5, 5.41) is 1.11. The summed E-state index contributed by atoms with van der Waals surface area (Å²) in [4.78, 5) is 10.6. The van der Waals surface area contributed by atoms with Crippen LogP contribution in [0.1, 0.15) is 17.4 Å². The number of fused-ring (bicyclic) bond motifs is 1. The number of rotatable bonds is 3. The molecule has 0 spiro atoms. The number of thiophene rings is 1. The molecule has 3 aromatic rings. The van der Waals surface area contributed by atoms with E-state index in [1.807, 2.05) is 25.1 Å². The zero-order valence-corrected chi connectivity index (χ0v) is 14.6. The van der Waals surface area contributed by atoms with E-state index in [4.69, 9.17) is 16.3 Å². The highest BCUT2D eigenvalue weighted by Gasteiger charge is 2.13. The van der Waals surface area contributed by atoms with Crippen LogP contribution in [0.25, 0.3) is 10.2 Å². The van der Waals surface area contributed by atoms with E-state index >= 15 is 0 Å². The molecule has 0 unspecified atom stereocenters. The van der Waals surface area contributed by atoms with Gasteiger partial charge in [0.15, 0.2) is 0 Å². The summed E-state index contributed by atoms with van der Waals surface area (Å²) in [5.74, 6) is 1.27. The van der Waals surface area contributed by atoms with Gasteiger partial charge in [0.1, 0.15) is 10.6 Å². The summed E-state index contributed by atoms with van der Waals surface area (Å²) >= 11 is 11.1. The molecular weight excluding hydrogens is 372 g/mol. The summed E-state index contributed by atoms with van der Waals surface area (Å²) in [6.07, 6.45) is 0.954. The van der Waals surface area contributed by atoms with Gasteiger partial charge in [-0.1, -0.05) is 22.9 Å². The van der Waals surface area contributed by atoms with Crippen LogP contribution in [-0.2, 0) is 6.42 Å². The average molecular weight is 384 g/mol. The van der Waals surface area contributed by atoms with Crippen LogP contribution in [0.15, 0.2) is 28.7 Å². The first-order valence-corrected chi connectivity index (χ1v) is 8.45. The van der Waals surface area contributed by atoms with Crippen molar-refractivity contribution in [3.8, 4) is 11.6 Å². The average Bonchev–Trinajstić information content (AvgIpc) is 2.85. The van der Waals surface area contributed by atoms with Crippen molar-refractivity contribution in [2.45, 2.75) is 20.3 Å². The molecule has 3 nitrogen and oxygen atoms in total. The van der Waals surface area contributed by atoms with Crippen LogP contribution in [0, 0.1) is 6.92 Å². The molecule has 0 N–H and O–H groups in total. The third-order valence-corrected chi connectivity index (χ3v) is 4.91. The molecule has 108 valence electrons.